The molecule has 4 aliphatic carbocycles. The van der Waals surface area contributed by atoms with Gasteiger partial charge in [-0.15, -0.1) is 0 Å². The van der Waals surface area contributed by atoms with Gasteiger partial charge in [-0.05, 0) is 99.7 Å². The van der Waals surface area contributed by atoms with Crippen molar-refractivity contribution in [3.05, 3.63) is 23.3 Å². The zero-order chi connectivity index (χ0) is 17.1. The fourth-order valence-electron chi connectivity index (χ4n) is 7.36. The number of allylic oxidation sites excluding steroid dienone is 3. The second-order valence-corrected chi connectivity index (χ2v) is 10.1. The molecule has 0 amide bonds. The van der Waals surface area contributed by atoms with Crippen LogP contribution in [0.3, 0.4) is 0 Å². The summed E-state index contributed by atoms with van der Waals surface area (Å²) in [7, 11) is 0. The maximum absolute atomic E-state index is 10.1. The third kappa shape index (κ3) is 2.37. The Hall–Kier alpha value is -0.560. The number of rotatable bonds is 1. The zero-order valence-electron chi connectivity index (χ0n) is 16.1. The number of fused-ring (bicyclic) bond motifs is 5. The molecule has 4 aliphatic rings. The summed E-state index contributed by atoms with van der Waals surface area (Å²) >= 11 is 0. The molecule has 0 bridgehead atoms. The quantitative estimate of drug-likeness (QED) is 0.595. The van der Waals surface area contributed by atoms with Gasteiger partial charge in [0, 0.05) is 0 Å². The maximum Gasteiger partial charge on any atom is 0.0577 e. The summed E-state index contributed by atoms with van der Waals surface area (Å²) < 4.78 is 0. The van der Waals surface area contributed by atoms with E-state index >= 15 is 0 Å². The summed E-state index contributed by atoms with van der Waals surface area (Å²) in [5.41, 5.74) is 4.03. The van der Waals surface area contributed by atoms with E-state index in [9.17, 15) is 5.11 Å². The largest absolute Gasteiger partial charge is 0.393 e. The SMILES string of the molecule is CC(C)=C[C@H]1CC[C@H]2[C@@H]3CC=C4CC(O)CC[C@]4(C)[C@H]3CC[C@]12C. The molecule has 134 valence electrons. The minimum absolute atomic E-state index is 0.0803. The average molecular weight is 329 g/mol. The van der Waals surface area contributed by atoms with E-state index in [4.69, 9.17) is 0 Å². The number of aliphatic hydroxyl groups is 1. The third-order valence-corrected chi connectivity index (χ3v) is 8.69. The first-order valence-corrected chi connectivity index (χ1v) is 10.4. The molecule has 4 rings (SSSR count). The molecule has 1 nitrogen and oxygen atoms in total. The smallest absolute Gasteiger partial charge is 0.0577 e. The van der Waals surface area contributed by atoms with Crippen molar-refractivity contribution in [2.75, 3.05) is 0 Å². The highest BCUT2D eigenvalue weighted by Crippen LogP contribution is 2.66. The predicted molar refractivity (Wildman–Crippen MR) is 101 cm³/mol. The van der Waals surface area contributed by atoms with Gasteiger partial charge in [0.1, 0.15) is 0 Å². The molecule has 3 fully saturated rings. The van der Waals surface area contributed by atoms with Crippen LogP contribution in [-0.2, 0) is 0 Å². The molecule has 7 atom stereocenters. The van der Waals surface area contributed by atoms with Crippen LogP contribution in [0.15, 0.2) is 23.3 Å². The Bertz CT molecular complexity index is 569. The standard InChI is InChI=1S/C23H36O/c1-15(2)13-16-6-8-20-19-7-5-17-14-18(24)9-11-22(17,3)21(19)10-12-23(16,20)4/h5,13,16,18-21,24H,6-12,14H2,1-4H3/t16-,18?,19+,20+,21+,22+,23-/m1/s1. The van der Waals surface area contributed by atoms with Crippen molar-refractivity contribution < 1.29 is 5.11 Å². The van der Waals surface area contributed by atoms with Crippen LogP contribution in [0.1, 0.15) is 79.1 Å². The Morgan fingerprint density at radius 2 is 1.88 bits per heavy atom. The van der Waals surface area contributed by atoms with E-state index in [-0.39, 0.29) is 6.10 Å². The first-order chi connectivity index (χ1) is 11.3. The highest BCUT2D eigenvalue weighted by molar-refractivity contribution is 5.25. The molecule has 0 aromatic heterocycles. The topological polar surface area (TPSA) is 20.2 Å². The normalized spacial score (nSPS) is 50.4. The van der Waals surface area contributed by atoms with Crippen LogP contribution in [-0.4, -0.2) is 11.2 Å². The second-order valence-electron chi connectivity index (χ2n) is 10.1. The van der Waals surface area contributed by atoms with Gasteiger partial charge in [0.15, 0.2) is 0 Å². The lowest BCUT2D eigenvalue weighted by Crippen LogP contribution is -2.50. The van der Waals surface area contributed by atoms with Crippen molar-refractivity contribution in [1.82, 2.24) is 0 Å². The summed E-state index contributed by atoms with van der Waals surface area (Å²) in [6.07, 6.45) is 15.2. The Morgan fingerprint density at radius 3 is 2.62 bits per heavy atom. The molecule has 3 saturated carbocycles. The van der Waals surface area contributed by atoms with E-state index < -0.39 is 0 Å². The Balaban J connectivity index is 1.64. The lowest BCUT2D eigenvalue weighted by molar-refractivity contribution is -0.0443. The predicted octanol–water partition coefficient (Wildman–Crippen LogP) is 5.89. The third-order valence-electron chi connectivity index (χ3n) is 8.69. The van der Waals surface area contributed by atoms with Gasteiger partial charge in [0.2, 0.25) is 0 Å². The summed E-state index contributed by atoms with van der Waals surface area (Å²) in [5.74, 6) is 3.48. The zero-order valence-corrected chi connectivity index (χ0v) is 16.1. The van der Waals surface area contributed by atoms with Gasteiger partial charge in [-0.25, -0.2) is 0 Å². The van der Waals surface area contributed by atoms with Crippen LogP contribution < -0.4 is 0 Å². The molecule has 0 aromatic carbocycles. The van der Waals surface area contributed by atoms with Gasteiger partial charge in [0.05, 0.1) is 6.10 Å². The molecule has 1 N–H and O–H groups in total. The fraction of sp³-hybridized carbons (Fsp3) is 0.826. The molecule has 0 heterocycles. The number of hydrogen-bond acceptors (Lipinski definition) is 1. The molecular weight excluding hydrogens is 292 g/mol. The van der Waals surface area contributed by atoms with Gasteiger partial charge < -0.3 is 5.11 Å². The van der Waals surface area contributed by atoms with Crippen molar-refractivity contribution in [3.63, 3.8) is 0 Å². The number of aliphatic hydroxyl groups excluding tert-OH is 1. The maximum atomic E-state index is 10.1. The highest BCUT2D eigenvalue weighted by Gasteiger charge is 2.58. The second kappa shape index (κ2) is 5.73. The van der Waals surface area contributed by atoms with Crippen molar-refractivity contribution >= 4 is 0 Å². The van der Waals surface area contributed by atoms with E-state index in [2.05, 4.69) is 39.8 Å². The minimum atomic E-state index is -0.0803. The molecule has 1 unspecified atom stereocenters. The molecule has 24 heavy (non-hydrogen) atoms. The molecule has 0 aromatic rings. The van der Waals surface area contributed by atoms with Gasteiger partial charge in [-0.3, -0.25) is 0 Å². The van der Waals surface area contributed by atoms with Crippen LogP contribution in [0, 0.1) is 34.5 Å². The van der Waals surface area contributed by atoms with Crippen LogP contribution in [0.4, 0.5) is 0 Å². The van der Waals surface area contributed by atoms with Crippen LogP contribution in [0.2, 0.25) is 0 Å². The van der Waals surface area contributed by atoms with Crippen LogP contribution >= 0.6 is 0 Å². The summed E-state index contributed by atoms with van der Waals surface area (Å²) in [6, 6.07) is 0. The summed E-state index contributed by atoms with van der Waals surface area (Å²) in [5, 5.41) is 10.1. The molecular formula is C23H36O. The lowest BCUT2D eigenvalue weighted by Gasteiger charge is -2.58. The molecule has 0 aliphatic heterocycles. The fourth-order valence-corrected chi connectivity index (χ4v) is 7.36. The molecule has 0 saturated heterocycles. The highest BCUT2D eigenvalue weighted by atomic mass is 16.3. The first-order valence-electron chi connectivity index (χ1n) is 10.4. The Morgan fingerprint density at radius 1 is 1.08 bits per heavy atom. The van der Waals surface area contributed by atoms with Gasteiger partial charge in [0.25, 0.3) is 0 Å². The monoisotopic (exact) mass is 328 g/mol. The van der Waals surface area contributed by atoms with Crippen molar-refractivity contribution in [3.8, 4) is 0 Å². The van der Waals surface area contributed by atoms with Crippen molar-refractivity contribution in [2.24, 2.45) is 34.5 Å². The van der Waals surface area contributed by atoms with Gasteiger partial charge in [-0.1, -0.05) is 37.1 Å². The van der Waals surface area contributed by atoms with Crippen molar-refractivity contribution in [2.45, 2.75) is 85.2 Å². The Labute approximate surface area is 148 Å². The van der Waals surface area contributed by atoms with E-state index in [1.165, 1.54) is 44.1 Å². The van der Waals surface area contributed by atoms with E-state index in [1.807, 2.05) is 0 Å². The minimum Gasteiger partial charge on any atom is -0.393 e. The summed E-state index contributed by atoms with van der Waals surface area (Å²) in [6.45, 7) is 9.68. The van der Waals surface area contributed by atoms with E-state index in [0.29, 0.717) is 10.8 Å². The van der Waals surface area contributed by atoms with E-state index in [0.717, 1.165) is 36.5 Å². The van der Waals surface area contributed by atoms with E-state index in [1.54, 1.807) is 5.57 Å². The molecule has 1 heteroatoms. The van der Waals surface area contributed by atoms with Gasteiger partial charge >= 0.3 is 0 Å². The lowest BCUT2D eigenvalue weighted by atomic mass is 9.47. The van der Waals surface area contributed by atoms with Crippen molar-refractivity contribution in [1.29, 1.82) is 0 Å². The molecule has 0 radical (unpaired) electrons. The summed E-state index contributed by atoms with van der Waals surface area (Å²) in [4.78, 5) is 0. The average Bonchev–Trinajstić information content (AvgIpc) is 2.84. The number of hydrogen-bond donors (Lipinski definition) is 1. The van der Waals surface area contributed by atoms with Crippen LogP contribution in [0.5, 0.6) is 0 Å². The van der Waals surface area contributed by atoms with Gasteiger partial charge in [-0.2, -0.15) is 0 Å². The Kier molecular flexibility index (Phi) is 4.03. The van der Waals surface area contributed by atoms with Crippen LogP contribution in [0.25, 0.3) is 0 Å². The first kappa shape index (κ1) is 16.9. The molecule has 0 spiro atoms.